The monoisotopic (exact) mass is 469 g/mol. The number of benzene rings is 1. The van der Waals surface area contributed by atoms with Crippen LogP contribution in [0.5, 0.6) is 11.6 Å². The molecule has 2 aromatic rings. The molecule has 12 nitrogen and oxygen atoms in total. The van der Waals surface area contributed by atoms with Crippen LogP contribution in [0.3, 0.4) is 0 Å². The van der Waals surface area contributed by atoms with Crippen LogP contribution in [0.15, 0.2) is 39.3 Å². The van der Waals surface area contributed by atoms with Crippen molar-refractivity contribution in [1.82, 2.24) is 9.97 Å². The van der Waals surface area contributed by atoms with Crippen LogP contribution >= 0.6 is 15.9 Å². The summed E-state index contributed by atoms with van der Waals surface area (Å²) in [5, 5.41) is 24.6. The summed E-state index contributed by atoms with van der Waals surface area (Å²) in [7, 11) is -3.50. The smallest absolute Gasteiger partial charge is 0.845 e. The number of hydrogen-bond donors (Lipinski definition) is 1. The second-order valence-electron chi connectivity index (χ2n) is 4.31. The van der Waals surface area contributed by atoms with Crippen molar-refractivity contribution in [1.29, 1.82) is 0 Å². The Kier molecular flexibility index (Phi) is 8.36. The van der Waals surface area contributed by atoms with E-state index >= 15 is 0 Å². The van der Waals surface area contributed by atoms with E-state index in [1.807, 2.05) is 5.32 Å². The van der Waals surface area contributed by atoms with Crippen LogP contribution in [0.1, 0.15) is 0 Å². The van der Waals surface area contributed by atoms with Gasteiger partial charge in [0.2, 0.25) is 17.6 Å². The van der Waals surface area contributed by atoms with Gasteiger partial charge in [0.25, 0.3) is 0 Å². The molecule has 27 heavy (non-hydrogen) atoms. The number of rotatable bonds is 6. The van der Waals surface area contributed by atoms with Crippen LogP contribution in [0.25, 0.3) is 0 Å². The molecule has 15 heteroatoms. The first kappa shape index (κ1) is 23.0. The quantitative estimate of drug-likeness (QED) is 0.120. The Morgan fingerprint density at radius 2 is 2.00 bits per heavy atom. The normalized spacial score (nSPS) is 11.3. The van der Waals surface area contributed by atoms with Crippen molar-refractivity contribution in [2.45, 2.75) is 0 Å². The standard InChI is InChI=1S/C12H10BrN5O7S.Na/c1-24-10-6-9(13)14-11(15-10)16-12(19)17-26(22,23)25-8-5-3-2-4-7(8)18(20)21;/h2-6H,1H3,(H2,14,15,16,17,19);/q;+1/p-1. The maximum atomic E-state index is 11.8. The maximum Gasteiger partial charge on any atom is 1.00 e. The minimum Gasteiger partial charge on any atom is -0.845 e. The van der Waals surface area contributed by atoms with Gasteiger partial charge >= 0.3 is 45.5 Å². The van der Waals surface area contributed by atoms with Gasteiger partial charge in [0, 0.05) is 12.1 Å². The summed E-state index contributed by atoms with van der Waals surface area (Å²) in [4.78, 5) is 17.6. The molecule has 1 aromatic heterocycles. The number of para-hydroxylation sites is 2. The molecule has 1 aromatic carbocycles. The Labute approximate surface area is 183 Å². The molecule has 0 saturated heterocycles. The summed E-state index contributed by atoms with van der Waals surface area (Å²) in [5.74, 6) is -0.776. The van der Waals surface area contributed by atoms with Gasteiger partial charge in [-0.2, -0.15) is 13.4 Å². The molecule has 0 fully saturated rings. The summed E-state index contributed by atoms with van der Waals surface area (Å²) < 4.78 is 36.1. The van der Waals surface area contributed by atoms with Gasteiger partial charge in [0.05, 0.1) is 18.1 Å². The first-order valence-corrected chi connectivity index (χ1v) is 8.66. The van der Waals surface area contributed by atoms with Crippen LogP contribution in [0.4, 0.5) is 11.6 Å². The van der Waals surface area contributed by atoms with Crippen LogP contribution in [-0.2, 0) is 10.3 Å². The zero-order valence-corrected chi connectivity index (χ0v) is 18.2. The molecule has 0 aliphatic heterocycles. The van der Waals surface area contributed by atoms with E-state index < -0.39 is 32.7 Å². The minimum absolute atomic E-state index is 0. The topological polar surface area (TPSA) is 169 Å². The molecule has 0 spiro atoms. The van der Waals surface area contributed by atoms with Gasteiger partial charge in [0.1, 0.15) is 4.60 Å². The van der Waals surface area contributed by atoms with Gasteiger partial charge in [-0.05, 0) is 22.0 Å². The number of nitro benzene ring substituents is 1. The second kappa shape index (κ2) is 9.80. The number of aromatic nitrogens is 2. The zero-order chi connectivity index (χ0) is 19.3. The number of nitrogens with zero attached hydrogens (tertiary/aromatic N) is 4. The number of ether oxygens (including phenoxy) is 1. The van der Waals surface area contributed by atoms with Crippen molar-refractivity contribution in [2.24, 2.45) is 4.40 Å². The fraction of sp³-hybridized carbons (Fsp3) is 0.0833. The van der Waals surface area contributed by atoms with E-state index in [2.05, 4.69) is 34.5 Å². The Hall–Kier alpha value is -2.00. The molecule has 0 radical (unpaired) electrons. The third kappa shape index (κ3) is 6.91. The Morgan fingerprint density at radius 3 is 2.63 bits per heavy atom. The number of nitro groups is 1. The van der Waals surface area contributed by atoms with Gasteiger partial charge < -0.3 is 19.3 Å². The van der Waals surface area contributed by atoms with Crippen molar-refractivity contribution in [3.8, 4) is 11.6 Å². The number of nitrogens with one attached hydrogen (secondary N) is 1. The summed E-state index contributed by atoms with van der Waals surface area (Å²) >= 11 is 3.05. The molecule has 0 atom stereocenters. The van der Waals surface area contributed by atoms with E-state index in [9.17, 15) is 23.6 Å². The first-order chi connectivity index (χ1) is 12.2. The third-order valence-electron chi connectivity index (χ3n) is 2.55. The largest absolute Gasteiger partial charge is 1.00 e. The molecule has 2 rings (SSSR count). The Morgan fingerprint density at radius 1 is 1.33 bits per heavy atom. The van der Waals surface area contributed by atoms with Gasteiger partial charge in [0.15, 0.2) is 0 Å². The molecule has 1 N–H and O–H groups in total. The second-order valence-corrected chi connectivity index (χ2v) is 6.33. The van der Waals surface area contributed by atoms with Crippen LogP contribution in [0, 0.1) is 10.1 Å². The van der Waals surface area contributed by atoms with Crippen molar-refractivity contribution in [3.63, 3.8) is 0 Å². The number of anilines is 1. The van der Waals surface area contributed by atoms with Crippen molar-refractivity contribution < 1.29 is 56.9 Å². The first-order valence-electron chi connectivity index (χ1n) is 6.50. The Bertz CT molecular complexity index is 972. The predicted molar refractivity (Wildman–Crippen MR) is 90.0 cm³/mol. The number of amidine groups is 1. The van der Waals surface area contributed by atoms with E-state index in [0.717, 1.165) is 12.1 Å². The van der Waals surface area contributed by atoms with Crippen molar-refractivity contribution in [2.75, 3.05) is 12.4 Å². The van der Waals surface area contributed by atoms with E-state index in [1.165, 1.54) is 25.3 Å². The molecule has 0 bridgehead atoms. The molecule has 0 unspecified atom stereocenters. The van der Waals surface area contributed by atoms with E-state index in [0.29, 0.717) is 0 Å². The fourth-order valence-corrected chi connectivity index (χ4v) is 2.61. The summed E-state index contributed by atoms with van der Waals surface area (Å²) in [5.41, 5.74) is -0.605. The SMILES string of the molecule is COc1cc(Br)nc(N/C([O-])=N/S(=O)(=O)Oc2ccccc2[N+](=O)[O-])n1.[Na+]. The summed E-state index contributed by atoms with van der Waals surface area (Å²) in [6, 6.07) is 4.75. The van der Waals surface area contributed by atoms with Crippen molar-refractivity contribution >= 4 is 43.9 Å². The molecule has 0 saturated carbocycles. The number of hydrogen-bond acceptors (Lipinski definition) is 9. The van der Waals surface area contributed by atoms with E-state index in [1.54, 1.807) is 0 Å². The molecular weight excluding hydrogens is 461 g/mol. The van der Waals surface area contributed by atoms with Gasteiger partial charge in [-0.1, -0.05) is 12.1 Å². The van der Waals surface area contributed by atoms with Crippen LogP contribution in [0.2, 0.25) is 0 Å². The molecule has 0 amide bonds. The van der Waals surface area contributed by atoms with E-state index in [4.69, 9.17) is 4.74 Å². The number of methoxy groups -OCH3 is 1. The minimum atomic E-state index is -4.83. The van der Waals surface area contributed by atoms with Gasteiger partial charge in [-0.3, -0.25) is 10.1 Å². The van der Waals surface area contributed by atoms with E-state index in [-0.39, 0.29) is 46.0 Å². The average molecular weight is 470 g/mol. The molecule has 0 aliphatic carbocycles. The molecule has 0 aliphatic rings. The third-order valence-corrected chi connectivity index (χ3v) is 3.74. The van der Waals surface area contributed by atoms with Crippen LogP contribution in [-0.4, -0.2) is 36.4 Å². The van der Waals surface area contributed by atoms with Crippen molar-refractivity contribution in [3.05, 3.63) is 45.0 Å². The molecule has 1 heterocycles. The van der Waals surface area contributed by atoms with Gasteiger partial charge in [-0.15, -0.1) is 4.40 Å². The Balaban J connectivity index is 0.00000364. The zero-order valence-electron chi connectivity index (χ0n) is 13.8. The maximum absolute atomic E-state index is 11.8. The average Bonchev–Trinajstić information content (AvgIpc) is 2.53. The molecular formula is C12H9BrN5NaO7S. The predicted octanol–water partition coefficient (Wildman–Crippen LogP) is -2.39. The molecule has 138 valence electrons. The van der Waals surface area contributed by atoms with Crippen LogP contribution < -0.4 is 48.9 Å². The summed E-state index contributed by atoms with van der Waals surface area (Å²) in [6.07, 6.45) is 0. The fourth-order valence-electron chi connectivity index (χ4n) is 1.59. The van der Waals surface area contributed by atoms with Gasteiger partial charge in [-0.25, -0.2) is 4.98 Å². The summed E-state index contributed by atoms with van der Waals surface area (Å²) in [6.45, 7) is 0. The number of halogens is 1.